The lowest BCUT2D eigenvalue weighted by molar-refractivity contribution is 0.0772. The molecule has 1 aromatic carbocycles. The summed E-state index contributed by atoms with van der Waals surface area (Å²) in [6.45, 7) is 7.60. The number of piperidine rings is 1. The summed E-state index contributed by atoms with van der Waals surface area (Å²) >= 11 is 1.89. The standard InChI is InChI=1S/C22H32N4O2S/c1-17-4-5-18(21(27)25-12-14-29-15-13-25)16-20(17)23-22(28)26-10-6-19(7-11-26)24-8-2-3-9-24/h4-5,16,19H,2-3,6-15H2,1H3,(H,23,28). The van der Waals surface area contributed by atoms with Crippen molar-refractivity contribution in [2.45, 2.75) is 38.6 Å². The maximum absolute atomic E-state index is 12.8. The van der Waals surface area contributed by atoms with Crippen LogP contribution < -0.4 is 5.32 Å². The Kier molecular flexibility index (Phi) is 6.65. The van der Waals surface area contributed by atoms with Crippen molar-refractivity contribution in [2.75, 3.05) is 56.1 Å². The lowest BCUT2D eigenvalue weighted by atomic mass is 10.0. The SMILES string of the molecule is Cc1ccc(C(=O)N2CCSCC2)cc1NC(=O)N1CCC(N2CCCC2)CC1. The van der Waals surface area contributed by atoms with E-state index >= 15 is 0 Å². The fraction of sp³-hybridized carbons (Fsp3) is 0.636. The molecule has 3 aliphatic heterocycles. The molecule has 4 rings (SSSR count). The number of anilines is 1. The molecular weight excluding hydrogens is 384 g/mol. The quantitative estimate of drug-likeness (QED) is 0.822. The number of aryl methyl sites for hydroxylation is 1. The van der Waals surface area contributed by atoms with Crippen LogP contribution in [0.1, 0.15) is 41.6 Å². The smallest absolute Gasteiger partial charge is 0.321 e. The number of hydrogen-bond donors (Lipinski definition) is 1. The van der Waals surface area contributed by atoms with Gasteiger partial charge in [-0.05, 0) is 63.4 Å². The molecule has 0 aromatic heterocycles. The van der Waals surface area contributed by atoms with Gasteiger partial charge in [0.05, 0.1) is 0 Å². The number of thioether (sulfide) groups is 1. The van der Waals surface area contributed by atoms with Crippen LogP contribution in [0.3, 0.4) is 0 Å². The van der Waals surface area contributed by atoms with Crippen molar-refractivity contribution in [1.82, 2.24) is 14.7 Å². The molecule has 3 amide bonds. The second kappa shape index (κ2) is 9.39. The van der Waals surface area contributed by atoms with Gasteiger partial charge in [-0.1, -0.05) is 6.07 Å². The Labute approximate surface area is 178 Å². The summed E-state index contributed by atoms with van der Waals surface area (Å²) in [5, 5.41) is 3.06. The summed E-state index contributed by atoms with van der Waals surface area (Å²) in [7, 11) is 0. The van der Waals surface area contributed by atoms with Gasteiger partial charge in [-0.2, -0.15) is 11.8 Å². The molecule has 0 radical (unpaired) electrons. The zero-order valence-corrected chi connectivity index (χ0v) is 18.2. The number of urea groups is 1. The number of rotatable bonds is 3. The van der Waals surface area contributed by atoms with Crippen LogP contribution in [0.4, 0.5) is 10.5 Å². The van der Waals surface area contributed by atoms with Crippen molar-refractivity contribution in [3.8, 4) is 0 Å². The number of carbonyl (C=O) groups is 2. The zero-order chi connectivity index (χ0) is 20.2. The molecule has 3 aliphatic rings. The molecule has 3 fully saturated rings. The first-order valence-corrected chi connectivity index (χ1v) is 12.0. The van der Waals surface area contributed by atoms with Crippen LogP contribution in [-0.2, 0) is 0 Å². The molecule has 0 saturated carbocycles. The largest absolute Gasteiger partial charge is 0.337 e. The van der Waals surface area contributed by atoms with E-state index in [0.717, 1.165) is 61.8 Å². The maximum Gasteiger partial charge on any atom is 0.321 e. The third kappa shape index (κ3) is 4.89. The van der Waals surface area contributed by atoms with E-state index in [9.17, 15) is 9.59 Å². The van der Waals surface area contributed by atoms with Crippen molar-refractivity contribution in [2.24, 2.45) is 0 Å². The molecule has 29 heavy (non-hydrogen) atoms. The van der Waals surface area contributed by atoms with E-state index in [0.29, 0.717) is 11.6 Å². The summed E-state index contributed by atoms with van der Waals surface area (Å²) in [4.78, 5) is 32.1. The van der Waals surface area contributed by atoms with Crippen molar-refractivity contribution in [1.29, 1.82) is 0 Å². The number of nitrogens with zero attached hydrogens (tertiary/aromatic N) is 3. The van der Waals surface area contributed by atoms with Crippen LogP contribution in [0, 0.1) is 6.92 Å². The highest BCUT2D eigenvalue weighted by atomic mass is 32.2. The van der Waals surface area contributed by atoms with Crippen molar-refractivity contribution in [3.05, 3.63) is 29.3 Å². The fourth-order valence-electron chi connectivity index (χ4n) is 4.57. The van der Waals surface area contributed by atoms with Crippen LogP contribution in [-0.4, -0.2) is 83.5 Å². The first kappa shape index (κ1) is 20.5. The van der Waals surface area contributed by atoms with Gasteiger partial charge in [-0.25, -0.2) is 4.79 Å². The topological polar surface area (TPSA) is 55.9 Å². The van der Waals surface area contributed by atoms with Gasteiger partial charge in [-0.3, -0.25) is 4.79 Å². The van der Waals surface area contributed by atoms with Gasteiger partial charge < -0.3 is 20.0 Å². The summed E-state index contributed by atoms with van der Waals surface area (Å²) in [6, 6.07) is 6.23. The molecule has 0 atom stereocenters. The molecule has 3 saturated heterocycles. The molecule has 0 spiro atoms. The molecule has 6 nitrogen and oxygen atoms in total. The average Bonchev–Trinajstić information content (AvgIpc) is 3.30. The van der Waals surface area contributed by atoms with E-state index < -0.39 is 0 Å². The molecule has 1 N–H and O–H groups in total. The Bertz CT molecular complexity index is 736. The second-order valence-electron chi connectivity index (χ2n) is 8.33. The fourth-order valence-corrected chi connectivity index (χ4v) is 5.48. The predicted molar refractivity (Wildman–Crippen MR) is 119 cm³/mol. The number of likely N-dealkylation sites (tertiary alicyclic amines) is 2. The monoisotopic (exact) mass is 416 g/mol. The predicted octanol–water partition coefficient (Wildman–Crippen LogP) is 3.28. The molecule has 1 aromatic rings. The highest BCUT2D eigenvalue weighted by Crippen LogP contribution is 2.23. The van der Waals surface area contributed by atoms with Gasteiger partial charge in [0.25, 0.3) is 5.91 Å². The van der Waals surface area contributed by atoms with Crippen LogP contribution >= 0.6 is 11.8 Å². The van der Waals surface area contributed by atoms with Gasteiger partial charge in [0.2, 0.25) is 0 Å². The minimum atomic E-state index is -0.0491. The van der Waals surface area contributed by atoms with Crippen LogP contribution in [0.15, 0.2) is 18.2 Å². The molecule has 0 unspecified atom stereocenters. The van der Waals surface area contributed by atoms with E-state index in [2.05, 4.69) is 10.2 Å². The Morgan fingerprint density at radius 2 is 1.66 bits per heavy atom. The van der Waals surface area contributed by atoms with Crippen molar-refractivity contribution >= 4 is 29.4 Å². The van der Waals surface area contributed by atoms with Crippen molar-refractivity contribution in [3.63, 3.8) is 0 Å². The summed E-state index contributed by atoms with van der Waals surface area (Å²) in [5.41, 5.74) is 2.38. The molecule has 7 heteroatoms. The van der Waals surface area contributed by atoms with E-state index in [-0.39, 0.29) is 11.9 Å². The highest BCUT2D eigenvalue weighted by molar-refractivity contribution is 7.99. The Balaban J connectivity index is 1.36. The number of nitrogens with one attached hydrogen (secondary N) is 1. The van der Waals surface area contributed by atoms with Gasteiger partial charge in [0.1, 0.15) is 0 Å². The second-order valence-corrected chi connectivity index (χ2v) is 9.55. The molecule has 3 heterocycles. The molecule has 158 valence electrons. The summed E-state index contributed by atoms with van der Waals surface area (Å²) in [5.74, 6) is 2.05. The maximum atomic E-state index is 12.8. The Morgan fingerprint density at radius 3 is 2.34 bits per heavy atom. The third-order valence-electron chi connectivity index (χ3n) is 6.43. The van der Waals surface area contributed by atoms with Gasteiger partial charge in [0.15, 0.2) is 0 Å². The summed E-state index contributed by atoms with van der Waals surface area (Å²) in [6.07, 6.45) is 4.73. The molecule has 0 aliphatic carbocycles. The van der Waals surface area contributed by atoms with E-state index in [1.165, 1.54) is 25.9 Å². The van der Waals surface area contributed by atoms with Crippen LogP contribution in [0.5, 0.6) is 0 Å². The van der Waals surface area contributed by atoms with E-state index in [1.54, 1.807) is 0 Å². The normalized spacial score (nSPS) is 21.4. The van der Waals surface area contributed by atoms with E-state index in [1.807, 2.05) is 46.7 Å². The highest BCUT2D eigenvalue weighted by Gasteiger charge is 2.28. The number of amides is 3. The van der Waals surface area contributed by atoms with Gasteiger partial charge in [-0.15, -0.1) is 0 Å². The first-order chi connectivity index (χ1) is 14.1. The number of benzene rings is 1. The minimum Gasteiger partial charge on any atom is -0.337 e. The zero-order valence-electron chi connectivity index (χ0n) is 17.4. The molecular formula is C22H32N4O2S. The third-order valence-corrected chi connectivity index (χ3v) is 7.38. The minimum absolute atomic E-state index is 0.0491. The van der Waals surface area contributed by atoms with Crippen LogP contribution in [0.2, 0.25) is 0 Å². The molecule has 0 bridgehead atoms. The van der Waals surface area contributed by atoms with Crippen molar-refractivity contribution < 1.29 is 9.59 Å². The van der Waals surface area contributed by atoms with E-state index in [4.69, 9.17) is 0 Å². The first-order valence-electron chi connectivity index (χ1n) is 10.9. The lowest BCUT2D eigenvalue weighted by Gasteiger charge is -2.36. The average molecular weight is 417 g/mol. The lowest BCUT2D eigenvalue weighted by Crippen LogP contribution is -2.47. The van der Waals surface area contributed by atoms with Gasteiger partial charge >= 0.3 is 6.03 Å². The number of carbonyl (C=O) groups excluding carboxylic acids is 2. The Hall–Kier alpha value is -1.73. The Morgan fingerprint density at radius 1 is 0.966 bits per heavy atom. The van der Waals surface area contributed by atoms with Gasteiger partial charge in [0, 0.05) is 55.0 Å². The summed E-state index contributed by atoms with van der Waals surface area (Å²) < 4.78 is 0. The number of hydrogen-bond acceptors (Lipinski definition) is 4. The van der Waals surface area contributed by atoms with Crippen LogP contribution in [0.25, 0.3) is 0 Å².